The number of aromatic nitrogens is 1. The van der Waals surface area contributed by atoms with E-state index in [2.05, 4.69) is 10.5 Å². The molecular formula is C19H18ClN3O5S. The molecule has 2 aliphatic rings. The van der Waals surface area contributed by atoms with Gasteiger partial charge in [0, 0.05) is 10.3 Å². The lowest BCUT2D eigenvalue weighted by Gasteiger charge is -2.43. The van der Waals surface area contributed by atoms with Gasteiger partial charge < -0.3 is 19.8 Å². The van der Waals surface area contributed by atoms with E-state index in [1.807, 2.05) is 0 Å². The van der Waals surface area contributed by atoms with E-state index >= 15 is 0 Å². The van der Waals surface area contributed by atoms with E-state index in [-0.39, 0.29) is 11.3 Å². The van der Waals surface area contributed by atoms with Gasteiger partial charge in [0.2, 0.25) is 5.91 Å². The maximum absolute atomic E-state index is 13.0. The van der Waals surface area contributed by atoms with Crippen molar-refractivity contribution in [3.05, 3.63) is 40.6 Å². The number of hydrogen-bond acceptors (Lipinski definition) is 6. The Balaban J connectivity index is 1.60. The highest BCUT2D eigenvalue weighted by Crippen LogP contribution is 2.50. The summed E-state index contributed by atoms with van der Waals surface area (Å²) in [6.07, 6.45) is 0. The van der Waals surface area contributed by atoms with Gasteiger partial charge in [-0.2, -0.15) is 0 Å². The summed E-state index contributed by atoms with van der Waals surface area (Å²) in [7, 11) is 0. The first-order chi connectivity index (χ1) is 13.6. The number of carbonyl (C=O) groups is 3. The van der Waals surface area contributed by atoms with Gasteiger partial charge in [-0.15, -0.1) is 11.8 Å². The summed E-state index contributed by atoms with van der Waals surface area (Å²) in [5, 5.41) is 16.2. The Morgan fingerprint density at radius 2 is 2.03 bits per heavy atom. The smallest absolute Gasteiger partial charge is 0.327 e. The van der Waals surface area contributed by atoms with Crippen molar-refractivity contribution in [1.82, 2.24) is 15.4 Å². The highest BCUT2D eigenvalue weighted by atomic mass is 35.5. The molecule has 0 bridgehead atoms. The van der Waals surface area contributed by atoms with Crippen LogP contribution in [-0.2, 0) is 9.59 Å². The Morgan fingerprint density at radius 1 is 1.34 bits per heavy atom. The van der Waals surface area contributed by atoms with Gasteiger partial charge in [0.05, 0.1) is 5.02 Å². The number of carbonyl (C=O) groups excluding carboxylic acids is 2. The zero-order chi connectivity index (χ0) is 21.1. The summed E-state index contributed by atoms with van der Waals surface area (Å²) >= 11 is 7.59. The zero-order valence-corrected chi connectivity index (χ0v) is 17.4. The van der Waals surface area contributed by atoms with Crippen LogP contribution in [0.1, 0.15) is 30.0 Å². The number of rotatable bonds is 4. The number of carboxylic acid groups (broad SMARTS) is 1. The summed E-state index contributed by atoms with van der Waals surface area (Å²) in [4.78, 5) is 38.6. The SMILES string of the molecule is CC1(C)S[C@@H]2[C@H](N[13C](=O)[13c]3c(-c4ccccc4Cl)no[13c]3[13CH3])C(=O)N2[C@H]1C(=O)O. The number of benzene rings is 1. The molecule has 4 rings (SSSR count). The lowest BCUT2D eigenvalue weighted by atomic mass is 9.96. The van der Waals surface area contributed by atoms with Gasteiger partial charge in [0.25, 0.3) is 5.91 Å². The van der Waals surface area contributed by atoms with Crippen molar-refractivity contribution in [3.8, 4) is 11.3 Å². The second kappa shape index (κ2) is 6.77. The summed E-state index contributed by atoms with van der Waals surface area (Å²) < 4.78 is 4.54. The fourth-order valence-corrected chi connectivity index (χ4v) is 5.69. The first-order valence-electron chi connectivity index (χ1n) is 8.88. The van der Waals surface area contributed by atoms with E-state index in [9.17, 15) is 19.5 Å². The molecule has 29 heavy (non-hydrogen) atoms. The van der Waals surface area contributed by atoms with Crippen LogP contribution in [0.3, 0.4) is 0 Å². The normalized spacial score (nSPS) is 24.8. The van der Waals surface area contributed by atoms with Crippen LogP contribution in [0.2, 0.25) is 5.02 Å². The van der Waals surface area contributed by atoms with Crippen LogP contribution in [0.25, 0.3) is 11.3 Å². The number of amides is 2. The Labute approximate surface area is 175 Å². The van der Waals surface area contributed by atoms with E-state index in [0.717, 1.165) is 0 Å². The minimum atomic E-state index is -1.06. The van der Waals surface area contributed by atoms with Crippen molar-refractivity contribution in [3.63, 3.8) is 0 Å². The molecule has 152 valence electrons. The van der Waals surface area contributed by atoms with Crippen molar-refractivity contribution >= 4 is 41.1 Å². The largest absolute Gasteiger partial charge is 0.480 e. The maximum Gasteiger partial charge on any atom is 0.327 e. The summed E-state index contributed by atoms with van der Waals surface area (Å²) in [5.74, 6) is -1.70. The molecule has 0 aliphatic carbocycles. The molecule has 2 amide bonds. The second-order valence-corrected chi connectivity index (χ2v) is 9.67. The van der Waals surface area contributed by atoms with Gasteiger partial charge in [-0.1, -0.05) is 35.0 Å². The number of aliphatic carboxylic acids is 1. The summed E-state index contributed by atoms with van der Waals surface area (Å²) in [5.41, 5.74) is 1.03. The van der Waals surface area contributed by atoms with Crippen molar-refractivity contribution in [2.24, 2.45) is 0 Å². The van der Waals surface area contributed by atoms with Crippen LogP contribution >= 0.6 is 23.4 Å². The number of halogens is 1. The molecule has 2 aromatic rings. The molecule has 2 aliphatic heterocycles. The lowest BCUT2D eigenvalue weighted by molar-refractivity contribution is -0.159. The standard InChI is InChI=1S/C19H18ClN3O5S/c1-8-11(12(22-28-8)9-6-4-5-7-10(9)20)15(24)21-13-16(25)23-14(18(26)27)19(2,3)29-17(13)23/h4-7,13-14,17H,1-3H3,(H,21,24)(H,26,27)/t13-,14+,17-/m1/s1/i1+1,8+1,11+1,15+1. The van der Waals surface area contributed by atoms with Crippen LogP contribution in [0, 0.1) is 6.92 Å². The average Bonchev–Trinajstić information content (AvgIpc) is 3.15. The van der Waals surface area contributed by atoms with Gasteiger partial charge in [-0.25, -0.2) is 4.79 Å². The van der Waals surface area contributed by atoms with Crippen LogP contribution in [0.4, 0.5) is 0 Å². The number of nitrogens with one attached hydrogen (secondary N) is 1. The molecule has 0 saturated carbocycles. The Hall–Kier alpha value is -2.52. The molecule has 2 saturated heterocycles. The number of thioether (sulfide) groups is 1. The number of hydrogen-bond donors (Lipinski definition) is 2. The third kappa shape index (κ3) is 3.00. The van der Waals surface area contributed by atoms with Crippen molar-refractivity contribution in [1.29, 1.82) is 0 Å². The predicted octanol–water partition coefficient (Wildman–Crippen LogP) is 2.55. The van der Waals surface area contributed by atoms with Gasteiger partial charge >= 0.3 is 5.97 Å². The Kier molecular flexibility index (Phi) is 4.62. The quantitative estimate of drug-likeness (QED) is 0.556. The summed E-state index contributed by atoms with van der Waals surface area (Å²) in [6.45, 7) is 5.16. The minimum absolute atomic E-state index is 0.196. The lowest BCUT2D eigenvalue weighted by Crippen LogP contribution is -2.70. The van der Waals surface area contributed by atoms with Crippen molar-refractivity contribution < 1.29 is 24.0 Å². The highest BCUT2D eigenvalue weighted by molar-refractivity contribution is 8.01. The molecule has 2 fully saturated rings. The molecule has 0 radical (unpaired) electrons. The number of carboxylic acids is 1. The van der Waals surface area contributed by atoms with Gasteiger partial charge in [-0.05, 0) is 26.8 Å². The number of fused-ring (bicyclic) bond motifs is 1. The number of aryl methyl sites for hydroxylation is 1. The zero-order valence-electron chi connectivity index (χ0n) is 15.8. The third-order valence-electron chi connectivity index (χ3n) is 5.18. The predicted molar refractivity (Wildman–Crippen MR) is 107 cm³/mol. The highest BCUT2D eigenvalue weighted by Gasteiger charge is 2.64. The molecule has 1 aromatic heterocycles. The van der Waals surface area contributed by atoms with Crippen molar-refractivity contribution in [2.75, 3.05) is 0 Å². The maximum atomic E-state index is 13.0. The second-order valence-electron chi connectivity index (χ2n) is 7.49. The minimum Gasteiger partial charge on any atom is -0.480 e. The van der Waals surface area contributed by atoms with Crippen LogP contribution in [-0.4, -0.2) is 55.2 Å². The molecule has 8 nitrogen and oxygen atoms in total. The Bertz CT molecular complexity index is 1040. The van der Waals surface area contributed by atoms with Crippen LogP contribution in [0.5, 0.6) is 0 Å². The van der Waals surface area contributed by atoms with Gasteiger partial charge in [0.15, 0.2) is 0 Å². The van der Waals surface area contributed by atoms with Gasteiger partial charge in [0.1, 0.15) is 34.5 Å². The first kappa shape index (κ1) is 19.8. The van der Waals surface area contributed by atoms with E-state index in [1.165, 1.54) is 16.7 Å². The molecule has 10 heteroatoms. The molecule has 3 heterocycles. The summed E-state index contributed by atoms with van der Waals surface area (Å²) in [6, 6.07) is 5.18. The number of β-lactam (4-membered cyclic amide) rings is 1. The molecule has 2 N–H and O–H groups in total. The molecule has 0 spiro atoms. The fourth-order valence-electron chi connectivity index (χ4n) is 3.84. The fraction of sp³-hybridized carbons (Fsp3) is 0.368. The van der Waals surface area contributed by atoms with E-state index in [1.54, 1.807) is 45.0 Å². The third-order valence-corrected chi connectivity index (χ3v) is 7.08. The molecule has 1 aromatic carbocycles. The monoisotopic (exact) mass is 439 g/mol. The van der Waals surface area contributed by atoms with Crippen LogP contribution in [0.15, 0.2) is 28.8 Å². The molecule has 0 unspecified atom stereocenters. The first-order valence-corrected chi connectivity index (χ1v) is 10.1. The van der Waals surface area contributed by atoms with E-state index in [4.69, 9.17) is 16.1 Å². The van der Waals surface area contributed by atoms with E-state index in [0.29, 0.717) is 16.3 Å². The van der Waals surface area contributed by atoms with Crippen molar-refractivity contribution in [2.45, 2.75) is 43.0 Å². The Morgan fingerprint density at radius 3 is 2.69 bits per heavy atom. The number of nitrogens with zero attached hydrogens (tertiary/aromatic N) is 2. The van der Waals surface area contributed by atoms with Gasteiger partial charge in [-0.3, -0.25) is 9.59 Å². The van der Waals surface area contributed by atoms with Crippen LogP contribution < -0.4 is 5.32 Å². The average molecular weight is 440 g/mol. The topological polar surface area (TPSA) is 113 Å². The van der Waals surface area contributed by atoms with E-state index < -0.39 is 40.0 Å². The molecular weight excluding hydrogens is 422 g/mol. The molecule has 3 atom stereocenters.